The van der Waals surface area contributed by atoms with Crippen molar-refractivity contribution in [2.24, 2.45) is 5.92 Å². The fourth-order valence-electron chi connectivity index (χ4n) is 3.35. The summed E-state index contributed by atoms with van der Waals surface area (Å²) in [6.45, 7) is 4.78. The van der Waals surface area contributed by atoms with Gasteiger partial charge in [-0.05, 0) is 42.3 Å². The fraction of sp³-hybridized carbons (Fsp3) is 0.364. The highest BCUT2D eigenvalue weighted by atomic mass is 16.5. The molecule has 146 valence electrons. The van der Waals surface area contributed by atoms with Crippen LogP contribution >= 0.6 is 0 Å². The number of pyridine rings is 1. The van der Waals surface area contributed by atoms with Crippen LogP contribution in [0.25, 0.3) is 22.4 Å². The number of hydrogen-bond donors (Lipinski definition) is 1. The van der Waals surface area contributed by atoms with E-state index < -0.39 is 5.97 Å². The minimum Gasteiger partial charge on any atom is -0.494 e. The van der Waals surface area contributed by atoms with Crippen molar-refractivity contribution in [2.75, 3.05) is 19.7 Å². The Morgan fingerprint density at radius 1 is 1.29 bits per heavy atom. The summed E-state index contributed by atoms with van der Waals surface area (Å²) >= 11 is 0. The highest BCUT2D eigenvalue weighted by molar-refractivity contribution is 5.83. The molecular weight excluding hydrogens is 356 g/mol. The normalized spacial score (nSPS) is 14.9. The van der Waals surface area contributed by atoms with Gasteiger partial charge in [-0.3, -0.25) is 14.7 Å². The summed E-state index contributed by atoms with van der Waals surface area (Å²) in [5.41, 5.74) is 2.65. The van der Waals surface area contributed by atoms with E-state index in [1.54, 1.807) is 0 Å². The first kappa shape index (κ1) is 18.5. The SMILES string of the molecule is CCCCOc1ccc2oc(-c3ccc(CN4CC(C(=O)O)C4)cn3)cc2c1. The summed E-state index contributed by atoms with van der Waals surface area (Å²) in [7, 11) is 0. The molecule has 1 fully saturated rings. The van der Waals surface area contributed by atoms with Crippen molar-refractivity contribution in [1.82, 2.24) is 9.88 Å². The Bertz CT molecular complexity index is 958. The molecule has 1 aliphatic rings. The first-order valence-electron chi connectivity index (χ1n) is 9.69. The van der Waals surface area contributed by atoms with Crippen LogP contribution in [0.15, 0.2) is 47.0 Å². The summed E-state index contributed by atoms with van der Waals surface area (Å²) in [5, 5.41) is 9.95. The van der Waals surface area contributed by atoms with E-state index in [0.29, 0.717) is 13.1 Å². The molecule has 1 saturated heterocycles. The molecule has 0 aliphatic carbocycles. The second-order valence-electron chi connectivity index (χ2n) is 7.29. The van der Waals surface area contributed by atoms with Crippen molar-refractivity contribution in [3.8, 4) is 17.2 Å². The Hall–Kier alpha value is -2.86. The van der Waals surface area contributed by atoms with E-state index in [9.17, 15) is 4.79 Å². The number of aliphatic carboxylic acids is 1. The van der Waals surface area contributed by atoms with E-state index in [4.69, 9.17) is 14.3 Å². The van der Waals surface area contributed by atoms with Gasteiger partial charge >= 0.3 is 5.97 Å². The number of likely N-dealkylation sites (tertiary alicyclic amines) is 1. The first-order chi connectivity index (χ1) is 13.6. The quantitative estimate of drug-likeness (QED) is 0.591. The van der Waals surface area contributed by atoms with Crippen LogP contribution in [-0.4, -0.2) is 40.7 Å². The van der Waals surface area contributed by atoms with Crippen LogP contribution in [0.1, 0.15) is 25.3 Å². The van der Waals surface area contributed by atoms with Gasteiger partial charge in [0.05, 0.1) is 12.5 Å². The molecule has 0 atom stereocenters. The molecule has 28 heavy (non-hydrogen) atoms. The molecular formula is C22H24N2O4. The number of hydrogen-bond acceptors (Lipinski definition) is 5. The van der Waals surface area contributed by atoms with Gasteiger partial charge in [-0.25, -0.2) is 0 Å². The van der Waals surface area contributed by atoms with Crippen molar-refractivity contribution in [2.45, 2.75) is 26.3 Å². The van der Waals surface area contributed by atoms with Crippen LogP contribution in [0, 0.1) is 5.92 Å². The number of rotatable bonds is 8. The Kier molecular flexibility index (Phi) is 5.30. The zero-order valence-electron chi connectivity index (χ0n) is 15.9. The predicted molar refractivity (Wildman–Crippen MR) is 106 cm³/mol. The highest BCUT2D eigenvalue weighted by Crippen LogP contribution is 2.29. The lowest BCUT2D eigenvalue weighted by molar-refractivity contribution is -0.147. The van der Waals surface area contributed by atoms with Crippen LogP contribution < -0.4 is 4.74 Å². The number of carboxylic acids is 1. The Morgan fingerprint density at radius 3 is 2.86 bits per heavy atom. The molecule has 1 aromatic carbocycles. The number of ether oxygens (including phenoxy) is 1. The van der Waals surface area contributed by atoms with Crippen molar-refractivity contribution in [3.63, 3.8) is 0 Å². The Morgan fingerprint density at radius 2 is 2.14 bits per heavy atom. The molecule has 4 rings (SSSR count). The maximum Gasteiger partial charge on any atom is 0.309 e. The smallest absolute Gasteiger partial charge is 0.309 e. The molecule has 6 heteroatoms. The molecule has 0 saturated carbocycles. The average Bonchev–Trinajstić information content (AvgIpc) is 3.08. The maximum atomic E-state index is 10.9. The summed E-state index contributed by atoms with van der Waals surface area (Å²) in [6, 6.07) is 11.8. The molecule has 0 bridgehead atoms. The predicted octanol–water partition coefficient (Wildman–Crippen LogP) is 4.19. The number of benzene rings is 1. The van der Waals surface area contributed by atoms with Crippen LogP contribution in [0.5, 0.6) is 5.75 Å². The van der Waals surface area contributed by atoms with Gasteiger partial charge in [-0.1, -0.05) is 19.4 Å². The monoisotopic (exact) mass is 380 g/mol. The van der Waals surface area contributed by atoms with E-state index in [-0.39, 0.29) is 5.92 Å². The van der Waals surface area contributed by atoms with E-state index in [2.05, 4.69) is 16.8 Å². The summed E-state index contributed by atoms with van der Waals surface area (Å²) in [6.07, 6.45) is 3.98. The van der Waals surface area contributed by atoms with E-state index in [0.717, 1.165) is 59.7 Å². The molecule has 0 spiro atoms. The van der Waals surface area contributed by atoms with Gasteiger partial charge in [0.25, 0.3) is 0 Å². The molecule has 0 radical (unpaired) electrons. The molecule has 2 aromatic heterocycles. The summed E-state index contributed by atoms with van der Waals surface area (Å²) < 4.78 is 11.7. The van der Waals surface area contributed by atoms with Gasteiger partial charge in [0.15, 0.2) is 5.76 Å². The van der Waals surface area contributed by atoms with Crippen LogP contribution in [0.2, 0.25) is 0 Å². The number of nitrogens with zero attached hydrogens (tertiary/aromatic N) is 2. The zero-order valence-corrected chi connectivity index (χ0v) is 15.9. The molecule has 1 N–H and O–H groups in total. The van der Waals surface area contributed by atoms with Gasteiger partial charge < -0.3 is 14.3 Å². The fourth-order valence-corrected chi connectivity index (χ4v) is 3.35. The second-order valence-corrected chi connectivity index (χ2v) is 7.29. The van der Waals surface area contributed by atoms with E-state index >= 15 is 0 Å². The number of furan rings is 1. The van der Waals surface area contributed by atoms with Crippen LogP contribution in [-0.2, 0) is 11.3 Å². The van der Waals surface area contributed by atoms with Crippen molar-refractivity contribution >= 4 is 16.9 Å². The molecule has 0 unspecified atom stereocenters. The van der Waals surface area contributed by atoms with Crippen molar-refractivity contribution < 1.29 is 19.1 Å². The molecule has 0 amide bonds. The van der Waals surface area contributed by atoms with Crippen LogP contribution in [0.4, 0.5) is 0 Å². The molecule has 1 aliphatic heterocycles. The third-order valence-electron chi connectivity index (χ3n) is 5.04. The van der Waals surface area contributed by atoms with E-state index in [1.165, 1.54) is 0 Å². The Balaban J connectivity index is 1.42. The number of carbonyl (C=O) groups is 1. The Labute approximate surface area is 163 Å². The number of carboxylic acid groups (broad SMARTS) is 1. The summed E-state index contributed by atoms with van der Waals surface area (Å²) in [4.78, 5) is 17.5. The topological polar surface area (TPSA) is 75.8 Å². The van der Waals surface area contributed by atoms with Crippen LogP contribution in [0.3, 0.4) is 0 Å². The van der Waals surface area contributed by atoms with Crippen molar-refractivity contribution in [1.29, 1.82) is 0 Å². The van der Waals surface area contributed by atoms with Crippen molar-refractivity contribution in [3.05, 3.63) is 48.2 Å². The minimum atomic E-state index is -0.714. The highest BCUT2D eigenvalue weighted by Gasteiger charge is 2.32. The van der Waals surface area contributed by atoms with E-state index in [1.807, 2.05) is 42.6 Å². The lowest BCUT2D eigenvalue weighted by Gasteiger charge is -2.36. The standard InChI is InChI=1S/C22H24N2O4/c1-2-3-8-27-18-5-7-20-16(9-18)10-21(28-20)19-6-4-15(11-23-19)12-24-13-17(14-24)22(25)26/h4-7,9-11,17H,2-3,8,12-14H2,1H3,(H,25,26). The van der Waals surface area contributed by atoms with Gasteiger partial charge in [-0.15, -0.1) is 0 Å². The van der Waals surface area contributed by atoms with Gasteiger partial charge in [0.2, 0.25) is 0 Å². The average molecular weight is 380 g/mol. The maximum absolute atomic E-state index is 10.9. The summed E-state index contributed by atoms with van der Waals surface area (Å²) in [5.74, 6) is 0.625. The third-order valence-corrected chi connectivity index (χ3v) is 5.04. The van der Waals surface area contributed by atoms with Gasteiger partial charge in [-0.2, -0.15) is 0 Å². The third kappa shape index (κ3) is 4.02. The number of fused-ring (bicyclic) bond motifs is 1. The largest absolute Gasteiger partial charge is 0.494 e. The van der Waals surface area contributed by atoms with Gasteiger partial charge in [0.1, 0.15) is 17.0 Å². The first-order valence-corrected chi connectivity index (χ1v) is 9.69. The van der Waals surface area contributed by atoms with Gasteiger partial charge in [0, 0.05) is 31.2 Å². The number of aromatic nitrogens is 1. The molecule has 3 heterocycles. The second kappa shape index (κ2) is 8.02. The molecule has 3 aromatic rings. The minimum absolute atomic E-state index is 0.237. The molecule has 6 nitrogen and oxygen atoms in total. The zero-order chi connectivity index (χ0) is 19.5. The number of unbranched alkanes of at least 4 members (excludes halogenated alkanes) is 1. The lowest BCUT2D eigenvalue weighted by atomic mass is 10.00. The lowest BCUT2D eigenvalue weighted by Crippen LogP contribution is -2.49.